The van der Waals surface area contributed by atoms with Gasteiger partial charge in [-0.05, 0) is 52.4 Å². The Morgan fingerprint density at radius 1 is 1.00 bits per heavy atom. The second-order valence-corrected chi connectivity index (χ2v) is 6.59. The van der Waals surface area contributed by atoms with Crippen molar-refractivity contribution < 1.29 is 10.0 Å². The van der Waals surface area contributed by atoms with Gasteiger partial charge in [-0.1, -0.05) is 36.4 Å². The van der Waals surface area contributed by atoms with E-state index in [0.717, 1.165) is 38.9 Å². The number of hydrogen-bond donors (Lipinski definition) is 1. The molecule has 118 valence electrons. The van der Waals surface area contributed by atoms with Crippen LogP contribution in [-0.2, 0) is 6.42 Å². The molecule has 1 atom stereocenters. The van der Waals surface area contributed by atoms with Gasteiger partial charge in [0.25, 0.3) is 5.69 Å². The maximum atomic E-state index is 11.8. The van der Waals surface area contributed by atoms with E-state index >= 15 is 0 Å². The fourth-order valence-corrected chi connectivity index (χ4v) is 4.42. The Hall–Kier alpha value is -2.72. The molecule has 0 fully saturated rings. The van der Waals surface area contributed by atoms with E-state index in [4.69, 9.17) is 0 Å². The Labute approximate surface area is 137 Å². The van der Waals surface area contributed by atoms with Crippen LogP contribution in [0.1, 0.15) is 30.1 Å². The van der Waals surface area contributed by atoms with Crippen molar-refractivity contribution in [3.05, 3.63) is 63.7 Å². The molecule has 1 aliphatic carbocycles. The van der Waals surface area contributed by atoms with Crippen molar-refractivity contribution in [2.45, 2.75) is 25.4 Å². The lowest BCUT2D eigenvalue weighted by Gasteiger charge is -2.25. The van der Waals surface area contributed by atoms with Crippen molar-refractivity contribution in [3.8, 4) is 0 Å². The van der Waals surface area contributed by atoms with Crippen molar-refractivity contribution in [2.24, 2.45) is 0 Å². The van der Waals surface area contributed by atoms with Crippen molar-refractivity contribution >= 4 is 38.0 Å². The quantitative estimate of drug-likeness (QED) is 0.310. The van der Waals surface area contributed by atoms with Gasteiger partial charge < -0.3 is 5.11 Å². The summed E-state index contributed by atoms with van der Waals surface area (Å²) in [5.41, 5.74) is 1.65. The summed E-state index contributed by atoms with van der Waals surface area (Å²) >= 11 is 0. The molecule has 5 rings (SSSR count). The minimum absolute atomic E-state index is 0.175. The fourth-order valence-electron chi connectivity index (χ4n) is 4.42. The van der Waals surface area contributed by atoms with E-state index in [9.17, 15) is 15.2 Å². The van der Waals surface area contributed by atoms with Gasteiger partial charge >= 0.3 is 0 Å². The Bertz CT molecular complexity index is 1120. The van der Waals surface area contributed by atoms with E-state index < -0.39 is 6.10 Å². The largest absolute Gasteiger partial charge is 0.388 e. The lowest BCUT2D eigenvalue weighted by Crippen LogP contribution is -2.13. The lowest BCUT2D eigenvalue weighted by molar-refractivity contribution is -0.383. The third-order valence-electron chi connectivity index (χ3n) is 5.35. The van der Waals surface area contributed by atoms with Crippen molar-refractivity contribution in [2.75, 3.05) is 0 Å². The summed E-state index contributed by atoms with van der Waals surface area (Å²) < 4.78 is 0. The molecule has 0 amide bonds. The normalized spacial score (nSPS) is 17.6. The Balaban J connectivity index is 2.13. The van der Waals surface area contributed by atoms with E-state index in [-0.39, 0.29) is 10.6 Å². The maximum Gasteiger partial charge on any atom is 0.280 e. The van der Waals surface area contributed by atoms with Gasteiger partial charge in [0, 0.05) is 10.9 Å². The third kappa shape index (κ3) is 1.61. The smallest absolute Gasteiger partial charge is 0.280 e. The highest BCUT2D eigenvalue weighted by Gasteiger charge is 2.31. The second kappa shape index (κ2) is 4.65. The number of rotatable bonds is 1. The average molecular weight is 317 g/mol. The second-order valence-electron chi connectivity index (χ2n) is 6.59. The zero-order chi connectivity index (χ0) is 16.4. The van der Waals surface area contributed by atoms with Crippen LogP contribution in [0.4, 0.5) is 5.69 Å². The third-order valence-corrected chi connectivity index (χ3v) is 5.35. The summed E-state index contributed by atoms with van der Waals surface area (Å²) in [6.07, 6.45) is 1.47. The summed E-state index contributed by atoms with van der Waals surface area (Å²) in [6.45, 7) is 0. The van der Waals surface area contributed by atoms with Gasteiger partial charge in [0.15, 0.2) is 0 Å². The molecule has 4 heteroatoms. The van der Waals surface area contributed by atoms with Crippen LogP contribution in [0.15, 0.2) is 42.5 Å². The predicted octanol–water partition coefficient (Wildman–Crippen LogP) is 4.86. The maximum absolute atomic E-state index is 11.8. The molecule has 0 saturated heterocycles. The van der Waals surface area contributed by atoms with Gasteiger partial charge in [-0.25, -0.2) is 0 Å². The molecule has 24 heavy (non-hydrogen) atoms. The number of fused-ring (bicyclic) bond motifs is 2. The number of nitrogens with zero attached hydrogens (tertiary/aromatic N) is 1. The van der Waals surface area contributed by atoms with Gasteiger partial charge in [0.05, 0.1) is 16.4 Å². The van der Waals surface area contributed by atoms with Crippen LogP contribution in [0.2, 0.25) is 0 Å². The number of nitro benzene ring substituents is 1. The summed E-state index contributed by atoms with van der Waals surface area (Å²) in [6, 6.07) is 14.0. The predicted molar refractivity (Wildman–Crippen MR) is 94.7 cm³/mol. The lowest BCUT2D eigenvalue weighted by atomic mass is 9.81. The molecule has 0 radical (unpaired) electrons. The highest BCUT2D eigenvalue weighted by Crippen LogP contribution is 2.47. The van der Waals surface area contributed by atoms with Gasteiger partial charge in [0.1, 0.15) is 0 Å². The van der Waals surface area contributed by atoms with Crippen LogP contribution in [0.3, 0.4) is 0 Å². The summed E-state index contributed by atoms with van der Waals surface area (Å²) in [7, 11) is 0. The number of aliphatic hydroxyl groups is 1. The summed E-state index contributed by atoms with van der Waals surface area (Å²) in [5.74, 6) is 0. The topological polar surface area (TPSA) is 63.4 Å². The Morgan fingerprint density at radius 2 is 1.71 bits per heavy atom. The minimum atomic E-state index is -0.628. The molecule has 0 aromatic heterocycles. The standard InChI is InChI=1S/C20H15NO3/c22-16-6-2-5-14-18(16)13-9-7-11-3-1-4-12-8-10-15(19(13)17(11)12)20(14)21(23)24/h1,3-4,7-10,16,22H,2,5-6H2. The van der Waals surface area contributed by atoms with Gasteiger partial charge in [0.2, 0.25) is 0 Å². The van der Waals surface area contributed by atoms with Crippen LogP contribution < -0.4 is 0 Å². The van der Waals surface area contributed by atoms with Crippen molar-refractivity contribution in [3.63, 3.8) is 0 Å². The molecule has 1 N–H and O–H groups in total. The van der Waals surface area contributed by atoms with E-state index in [1.165, 1.54) is 0 Å². The SMILES string of the molecule is O=[N+]([O-])c1c2c(c3ccc4cccc5ccc1c3c45)C(O)CCC2. The summed E-state index contributed by atoms with van der Waals surface area (Å²) in [5, 5.41) is 28.2. The van der Waals surface area contributed by atoms with E-state index in [0.29, 0.717) is 23.8 Å². The average Bonchev–Trinajstić information content (AvgIpc) is 2.58. The number of aliphatic hydroxyl groups excluding tert-OH is 1. The van der Waals surface area contributed by atoms with E-state index in [1.54, 1.807) is 0 Å². The van der Waals surface area contributed by atoms with Crippen LogP contribution in [0, 0.1) is 10.1 Å². The van der Waals surface area contributed by atoms with Crippen molar-refractivity contribution in [1.29, 1.82) is 0 Å². The zero-order valence-corrected chi connectivity index (χ0v) is 13.0. The number of nitro groups is 1. The monoisotopic (exact) mass is 317 g/mol. The highest BCUT2D eigenvalue weighted by atomic mass is 16.6. The van der Waals surface area contributed by atoms with Crippen LogP contribution in [0.25, 0.3) is 32.3 Å². The molecule has 0 heterocycles. The first kappa shape index (κ1) is 13.7. The Morgan fingerprint density at radius 3 is 2.42 bits per heavy atom. The highest BCUT2D eigenvalue weighted by molar-refractivity contribution is 6.25. The minimum Gasteiger partial charge on any atom is -0.388 e. The zero-order valence-electron chi connectivity index (χ0n) is 13.0. The van der Waals surface area contributed by atoms with E-state index in [2.05, 4.69) is 6.07 Å². The first-order valence-corrected chi connectivity index (χ1v) is 8.21. The van der Waals surface area contributed by atoms with Crippen LogP contribution in [0.5, 0.6) is 0 Å². The Kier molecular flexibility index (Phi) is 2.65. The van der Waals surface area contributed by atoms with Gasteiger partial charge in [-0.2, -0.15) is 0 Å². The molecule has 4 aromatic rings. The van der Waals surface area contributed by atoms with Gasteiger partial charge in [-0.15, -0.1) is 0 Å². The molecular formula is C20H15NO3. The van der Waals surface area contributed by atoms with E-state index in [1.807, 2.05) is 36.4 Å². The number of benzene rings is 4. The molecule has 0 saturated carbocycles. The number of hydrogen-bond acceptors (Lipinski definition) is 3. The van der Waals surface area contributed by atoms with Crippen molar-refractivity contribution in [1.82, 2.24) is 0 Å². The summed E-state index contributed by atoms with van der Waals surface area (Å²) in [4.78, 5) is 11.6. The fraction of sp³-hybridized carbons (Fsp3) is 0.200. The molecule has 4 aromatic carbocycles. The first-order valence-electron chi connectivity index (χ1n) is 8.21. The molecule has 4 nitrogen and oxygen atoms in total. The molecule has 0 aliphatic heterocycles. The molecule has 1 unspecified atom stereocenters. The molecular weight excluding hydrogens is 302 g/mol. The van der Waals surface area contributed by atoms with Crippen LogP contribution >= 0.6 is 0 Å². The molecule has 0 spiro atoms. The molecule has 1 aliphatic rings. The van der Waals surface area contributed by atoms with Gasteiger partial charge in [-0.3, -0.25) is 10.1 Å². The first-order chi connectivity index (χ1) is 11.7. The van der Waals surface area contributed by atoms with Crippen LogP contribution in [-0.4, -0.2) is 10.0 Å². The molecule has 0 bridgehead atoms.